The summed E-state index contributed by atoms with van der Waals surface area (Å²) in [6.45, 7) is 1.99. The van der Waals surface area contributed by atoms with E-state index in [1.807, 2.05) is 55.5 Å². The molecule has 0 bridgehead atoms. The van der Waals surface area contributed by atoms with Crippen LogP contribution in [-0.2, 0) is 11.2 Å². The minimum Gasteiger partial charge on any atom is -0.497 e. The number of para-hydroxylation sites is 1. The van der Waals surface area contributed by atoms with Gasteiger partial charge in [0.1, 0.15) is 5.75 Å². The highest BCUT2D eigenvalue weighted by atomic mass is 16.5. The van der Waals surface area contributed by atoms with Gasteiger partial charge < -0.3 is 9.72 Å². The number of nitrogens with zero attached hydrogens (tertiary/aromatic N) is 1. The molecule has 0 spiro atoms. The number of ether oxygens (including phenoxy) is 1. The van der Waals surface area contributed by atoms with Gasteiger partial charge in [0.25, 0.3) is 0 Å². The molecule has 5 nitrogen and oxygen atoms in total. The molecular weight excluding hydrogens is 302 g/mol. The Bertz CT molecular complexity index is 879. The summed E-state index contributed by atoms with van der Waals surface area (Å²) in [7, 11) is 1.61. The van der Waals surface area contributed by atoms with Gasteiger partial charge in [-0.3, -0.25) is 4.79 Å². The van der Waals surface area contributed by atoms with E-state index < -0.39 is 0 Å². The normalized spacial score (nSPS) is 11.1. The molecular formula is C19H19N3O2. The number of aromatic amines is 1. The summed E-state index contributed by atoms with van der Waals surface area (Å²) < 4.78 is 5.10. The summed E-state index contributed by atoms with van der Waals surface area (Å²) in [4.78, 5) is 15.3. The molecule has 5 heteroatoms. The molecule has 0 unspecified atom stereocenters. The Kier molecular flexibility index (Phi) is 4.61. The van der Waals surface area contributed by atoms with Crippen molar-refractivity contribution >= 4 is 23.0 Å². The zero-order chi connectivity index (χ0) is 16.9. The van der Waals surface area contributed by atoms with E-state index in [0.717, 1.165) is 33.5 Å². The van der Waals surface area contributed by atoms with E-state index >= 15 is 0 Å². The van der Waals surface area contributed by atoms with Gasteiger partial charge in [-0.2, -0.15) is 5.10 Å². The number of rotatable bonds is 5. The first-order chi connectivity index (χ1) is 11.7. The molecule has 0 aliphatic carbocycles. The van der Waals surface area contributed by atoms with Crippen LogP contribution in [0.3, 0.4) is 0 Å². The number of hydrogen-bond acceptors (Lipinski definition) is 3. The maximum Gasteiger partial charge on any atom is 0.244 e. The Morgan fingerprint density at radius 1 is 1.21 bits per heavy atom. The fraction of sp³-hybridized carbons (Fsp3) is 0.158. The van der Waals surface area contributed by atoms with Crippen molar-refractivity contribution in [3.05, 3.63) is 65.4 Å². The number of carbonyl (C=O) groups excluding carboxylic acids is 1. The summed E-state index contributed by atoms with van der Waals surface area (Å²) in [5.41, 5.74) is 6.54. The van der Waals surface area contributed by atoms with E-state index in [9.17, 15) is 4.79 Å². The van der Waals surface area contributed by atoms with Crippen LogP contribution in [0, 0.1) is 6.92 Å². The summed E-state index contributed by atoms with van der Waals surface area (Å²) in [6, 6.07) is 15.4. The highest BCUT2D eigenvalue weighted by Crippen LogP contribution is 2.19. The van der Waals surface area contributed by atoms with Crippen LogP contribution in [0.4, 0.5) is 0 Å². The first kappa shape index (κ1) is 15.8. The molecule has 3 rings (SSSR count). The van der Waals surface area contributed by atoms with Crippen molar-refractivity contribution in [3.8, 4) is 5.75 Å². The number of hydrazone groups is 1. The van der Waals surface area contributed by atoms with E-state index in [-0.39, 0.29) is 12.3 Å². The number of methoxy groups -OCH3 is 1. The van der Waals surface area contributed by atoms with Crippen molar-refractivity contribution in [2.45, 2.75) is 13.3 Å². The molecule has 24 heavy (non-hydrogen) atoms. The lowest BCUT2D eigenvalue weighted by Crippen LogP contribution is -2.19. The van der Waals surface area contributed by atoms with Crippen LogP contribution in [0.1, 0.15) is 16.8 Å². The molecule has 2 aromatic carbocycles. The van der Waals surface area contributed by atoms with Crippen molar-refractivity contribution in [2.24, 2.45) is 5.10 Å². The van der Waals surface area contributed by atoms with Crippen LogP contribution >= 0.6 is 0 Å². The molecule has 0 aliphatic heterocycles. The molecule has 1 aromatic heterocycles. The second-order valence-electron chi connectivity index (χ2n) is 5.53. The minimum absolute atomic E-state index is 0.158. The Morgan fingerprint density at radius 3 is 2.71 bits per heavy atom. The smallest absolute Gasteiger partial charge is 0.244 e. The van der Waals surface area contributed by atoms with E-state index in [1.54, 1.807) is 13.3 Å². The number of benzene rings is 2. The van der Waals surface area contributed by atoms with Gasteiger partial charge in [-0.25, -0.2) is 5.43 Å². The first-order valence-corrected chi connectivity index (χ1v) is 7.69. The second kappa shape index (κ2) is 7.00. The third-order valence-corrected chi connectivity index (χ3v) is 3.85. The highest BCUT2D eigenvalue weighted by molar-refractivity contribution is 6.00. The number of H-pyrrole nitrogens is 1. The molecule has 0 saturated carbocycles. The maximum absolute atomic E-state index is 12.0. The lowest BCUT2D eigenvalue weighted by molar-refractivity contribution is -0.120. The second-order valence-corrected chi connectivity index (χ2v) is 5.53. The van der Waals surface area contributed by atoms with Crippen molar-refractivity contribution in [1.82, 2.24) is 10.4 Å². The van der Waals surface area contributed by atoms with Crippen molar-refractivity contribution in [2.75, 3.05) is 7.11 Å². The average molecular weight is 321 g/mol. The van der Waals surface area contributed by atoms with E-state index in [0.29, 0.717) is 0 Å². The predicted octanol–water partition coefficient (Wildman–Crippen LogP) is 3.18. The van der Waals surface area contributed by atoms with Gasteiger partial charge in [-0.15, -0.1) is 0 Å². The molecule has 3 aromatic rings. The monoisotopic (exact) mass is 321 g/mol. The van der Waals surface area contributed by atoms with Crippen LogP contribution in [-0.4, -0.2) is 24.2 Å². The Balaban J connectivity index is 1.64. The third-order valence-electron chi connectivity index (χ3n) is 3.85. The number of carbonyl (C=O) groups is 1. The summed E-state index contributed by atoms with van der Waals surface area (Å²) in [6.07, 6.45) is 1.95. The highest BCUT2D eigenvalue weighted by Gasteiger charge is 2.06. The van der Waals surface area contributed by atoms with Gasteiger partial charge in [0.2, 0.25) is 5.91 Å². The van der Waals surface area contributed by atoms with Gasteiger partial charge in [0, 0.05) is 22.2 Å². The number of nitrogens with one attached hydrogen (secondary N) is 2. The number of aryl methyl sites for hydroxylation is 1. The number of fused-ring (bicyclic) bond motifs is 1. The summed E-state index contributed by atoms with van der Waals surface area (Å²) in [5, 5.41) is 5.17. The van der Waals surface area contributed by atoms with Gasteiger partial charge in [0.05, 0.1) is 19.7 Å². The summed E-state index contributed by atoms with van der Waals surface area (Å²) in [5.74, 6) is 0.612. The predicted molar refractivity (Wildman–Crippen MR) is 95.5 cm³/mol. The Labute approximate surface area is 140 Å². The van der Waals surface area contributed by atoms with Crippen LogP contribution < -0.4 is 10.2 Å². The lowest BCUT2D eigenvalue weighted by Gasteiger charge is -2.02. The Hall–Kier alpha value is -3.08. The molecule has 2 N–H and O–H groups in total. The Morgan fingerprint density at radius 2 is 1.96 bits per heavy atom. The minimum atomic E-state index is -0.158. The third kappa shape index (κ3) is 3.46. The topological polar surface area (TPSA) is 66.5 Å². The van der Waals surface area contributed by atoms with Gasteiger partial charge >= 0.3 is 0 Å². The molecule has 0 radical (unpaired) electrons. The zero-order valence-corrected chi connectivity index (χ0v) is 13.7. The first-order valence-electron chi connectivity index (χ1n) is 7.69. The molecule has 0 saturated heterocycles. The van der Waals surface area contributed by atoms with Crippen molar-refractivity contribution in [3.63, 3.8) is 0 Å². The van der Waals surface area contributed by atoms with Crippen molar-refractivity contribution in [1.29, 1.82) is 0 Å². The average Bonchev–Trinajstić information content (AvgIpc) is 2.91. The van der Waals surface area contributed by atoms with Crippen LogP contribution in [0.25, 0.3) is 10.9 Å². The molecule has 0 aliphatic rings. The quantitative estimate of drug-likeness (QED) is 0.560. The maximum atomic E-state index is 12.0. The molecule has 1 amide bonds. The standard InChI is InChI=1S/C19H19N3O2/c1-13-17(16-5-3-4-6-18(16)21-13)12-20-22-19(23)11-14-7-9-15(24-2)10-8-14/h3-10,12,21H,11H2,1-2H3,(H,22,23)/b20-12+. The molecule has 122 valence electrons. The van der Waals surface area contributed by atoms with E-state index in [1.165, 1.54) is 0 Å². The fourth-order valence-corrected chi connectivity index (χ4v) is 2.60. The number of amides is 1. The zero-order valence-electron chi connectivity index (χ0n) is 13.7. The van der Waals surface area contributed by atoms with Gasteiger partial charge in [-0.1, -0.05) is 30.3 Å². The number of aromatic nitrogens is 1. The SMILES string of the molecule is COc1ccc(CC(=O)N/N=C/c2c(C)[nH]c3ccccc23)cc1. The molecule has 0 atom stereocenters. The fourth-order valence-electron chi connectivity index (χ4n) is 2.60. The molecule has 1 heterocycles. The summed E-state index contributed by atoms with van der Waals surface area (Å²) >= 11 is 0. The lowest BCUT2D eigenvalue weighted by atomic mass is 10.1. The van der Waals surface area contributed by atoms with Crippen molar-refractivity contribution < 1.29 is 9.53 Å². The van der Waals surface area contributed by atoms with Crippen LogP contribution in [0.2, 0.25) is 0 Å². The van der Waals surface area contributed by atoms with Crippen LogP contribution in [0.15, 0.2) is 53.6 Å². The van der Waals surface area contributed by atoms with Crippen LogP contribution in [0.5, 0.6) is 5.75 Å². The molecule has 0 fully saturated rings. The largest absolute Gasteiger partial charge is 0.497 e. The van der Waals surface area contributed by atoms with Gasteiger partial charge in [0.15, 0.2) is 0 Å². The van der Waals surface area contributed by atoms with Gasteiger partial charge in [-0.05, 0) is 30.7 Å². The number of hydrogen-bond donors (Lipinski definition) is 2. The van der Waals surface area contributed by atoms with E-state index in [4.69, 9.17) is 4.74 Å². The van der Waals surface area contributed by atoms with E-state index in [2.05, 4.69) is 15.5 Å².